The quantitative estimate of drug-likeness (QED) is 0.699. The van der Waals surface area contributed by atoms with E-state index in [0.717, 1.165) is 62.2 Å². The van der Waals surface area contributed by atoms with Gasteiger partial charge in [0.05, 0.1) is 4.90 Å². The molecule has 2 aromatic rings. The summed E-state index contributed by atoms with van der Waals surface area (Å²) in [4.78, 5) is 15.2. The van der Waals surface area contributed by atoms with E-state index in [-0.39, 0.29) is 17.9 Å². The van der Waals surface area contributed by atoms with Gasteiger partial charge in [-0.15, -0.1) is 0 Å². The van der Waals surface area contributed by atoms with E-state index in [1.54, 1.807) is 12.1 Å². The number of likely N-dealkylation sites (tertiary alicyclic amines) is 1. The summed E-state index contributed by atoms with van der Waals surface area (Å²) in [5.41, 5.74) is 2.25. The molecule has 2 heterocycles. The molecular formula is C26H32N2O4S. The Kier molecular flexibility index (Phi) is 7.20. The molecule has 0 saturated carbocycles. The second kappa shape index (κ2) is 10.1. The molecule has 1 fully saturated rings. The molecule has 33 heavy (non-hydrogen) atoms. The highest BCUT2D eigenvalue weighted by Gasteiger charge is 2.34. The average Bonchev–Trinajstić information content (AvgIpc) is 2.80. The van der Waals surface area contributed by atoms with Gasteiger partial charge in [-0.05, 0) is 73.5 Å². The molecule has 1 spiro atoms. The minimum Gasteiger partial charge on any atom is -0.483 e. The van der Waals surface area contributed by atoms with Gasteiger partial charge >= 0.3 is 0 Å². The monoisotopic (exact) mass is 468 g/mol. The number of piperidine rings is 1. The Hall–Kier alpha value is -2.64. The highest BCUT2D eigenvalue weighted by molar-refractivity contribution is 7.90. The van der Waals surface area contributed by atoms with Crippen LogP contribution in [0.5, 0.6) is 5.75 Å². The molecule has 0 bridgehead atoms. The Bertz CT molecular complexity index is 1100. The predicted molar refractivity (Wildman–Crippen MR) is 129 cm³/mol. The Morgan fingerprint density at radius 3 is 2.48 bits per heavy atom. The number of para-hydroxylation sites is 1. The van der Waals surface area contributed by atoms with Crippen LogP contribution >= 0.6 is 0 Å². The lowest BCUT2D eigenvalue weighted by Crippen LogP contribution is -2.46. The first-order chi connectivity index (χ1) is 15.8. The molecule has 0 aliphatic carbocycles. The van der Waals surface area contributed by atoms with Crippen LogP contribution in [0.3, 0.4) is 0 Å². The summed E-state index contributed by atoms with van der Waals surface area (Å²) in [6, 6.07) is 15.0. The van der Waals surface area contributed by atoms with Crippen LogP contribution in [-0.2, 0) is 27.6 Å². The number of rotatable bonds is 3. The molecule has 176 valence electrons. The maximum atomic E-state index is 12.4. The van der Waals surface area contributed by atoms with Gasteiger partial charge in [0.1, 0.15) is 5.75 Å². The van der Waals surface area contributed by atoms with Crippen molar-refractivity contribution in [3.8, 4) is 5.75 Å². The van der Waals surface area contributed by atoms with Gasteiger partial charge < -0.3 is 10.1 Å². The predicted octanol–water partition coefficient (Wildman–Crippen LogP) is 3.37. The molecule has 1 amide bonds. The molecule has 2 aliphatic rings. The van der Waals surface area contributed by atoms with Crippen LogP contribution in [0.2, 0.25) is 0 Å². The zero-order valence-corrected chi connectivity index (χ0v) is 19.9. The minimum absolute atomic E-state index is 0.0341. The first-order valence-corrected chi connectivity index (χ1v) is 13.4. The van der Waals surface area contributed by atoms with Crippen LogP contribution in [0.1, 0.15) is 30.4 Å². The summed E-state index contributed by atoms with van der Waals surface area (Å²) in [6.45, 7) is 3.37. The van der Waals surface area contributed by atoms with Crippen molar-refractivity contribution >= 4 is 15.7 Å². The number of carbonyl (C=O) groups is 1. The van der Waals surface area contributed by atoms with Gasteiger partial charge in [0.15, 0.2) is 16.4 Å². The van der Waals surface area contributed by atoms with E-state index in [1.807, 2.05) is 36.4 Å². The lowest BCUT2D eigenvalue weighted by atomic mass is 9.75. The normalized spacial score (nSPS) is 20.6. The maximum absolute atomic E-state index is 12.4. The zero-order valence-electron chi connectivity index (χ0n) is 19.1. The van der Waals surface area contributed by atoms with E-state index in [4.69, 9.17) is 4.74 Å². The van der Waals surface area contributed by atoms with Crippen molar-refractivity contribution in [3.63, 3.8) is 0 Å². The highest BCUT2D eigenvalue weighted by atomic mass is 32.2. The fourth-order valence-corrected chi connectivity index (χ4v) is 5.21. The van der Waals surface area contributed by atoms with Crippen molar-refractivity contribution in [2.45, 2.75) is 37.1 Å². The van der Waals surface area contributed by atoms with Gasteiger partial charge in [-0.25, -0.2) is 8.42 Å². The molecule has 0 unspecified atom stereocenters. The largest absolute Gasteiger partial charge is 0.483 e. The van der Waals surface area contributed by atoms with Gasteiger partial charge in [0, 0.05) is 19.3 Å². The third-order valence-corrected chi connectivity index (χ3v) is 7.85. The summed E-state index contributed by atoms with van der Waals surface area (Å²) in [5.74, 6) is 0.688. The molecule has 2 aliphatic heterocycles. The van der Waals surface area contributed by atoms with Crippen LogP contribution in [0.15, 0.2) is 65.6 Å². The summed E-state index contributed by atoms with van der Waals surface area (Å²) in [7, 11) is -3.17. The maximum Gasteiger partial charge on any atom is 0.257 e. The Morgan fingerprint density at radius 2 is 1.76 bits per heavy atom. The van der Waals surface area contributed by atoms with E-state index < -0.39 is 9.84 Å². The number of benzene rings is 2. The number of allylic oxidation sites excluding steroid dienone is 2. The van der Waals surface area contributed by atoms with Crippen molar-refractivity contribution in [1.82, 2.24) is 10.2 Å². The van der Waals surface area contributed by atoms with E-state index in [2.05, 4.69) is 22.4 Å². The van der Waals surface area contributed by atoms with Crippen LogP contribution in [0, 0.1) is 5.41 Å². The second-order valence-electron chi connectivity index (χ2n) is 9.25. The Labute approximate surface area is 196 Å². The molecule has 0 aromatic heterocycles. The summed E-state index contributed by atoms with van der Waals surface area (Å²) in [5, 5.41) is 3.10. The molecule has 6 nitrogen and oxygen atoms in total. The van der Waals surface area contributed by atoms with Gasteiger partial charge in [-0.1, -0.05) is 42.5 Å². The standard InChI is InChI=1S/C26H32N2O4S/c1-33(30,31)23-11-9-21(10-12-23)18-28-16-14-26(15-17-28)13-5-4-7-22-6-2-3-8-24(22)32-19-25(29)27-20-26/h2-6,8-12H,7,13-20H2,1H3,(H,27,29)/b5-4+. The number of fused-ring (bicyclic) bond motifs is 1. The zero-order chi connectivity index (χ0) is 23.3. The second-order valence-corrected chi connectivity index (χ2v) is 11.3. The molecular weight excluding hydrogens is 436 g/mol. The van der Waals surface area contributed by atoms with Gasteiger partial charge in [-0.3, -0.25) is 9.69 Å². The fourth-order valence-electron chi connectivity index (χ4n) is 4.58. The molecule has 4 rings (SSSR count). The van der Waals surface area contributed by atoms with Crippen LogP contribution < -0.4 is 10.1 Å². The van der Waals surface area contributed by atoms with E-state index in [9.17, 15) is 13.2 Å². The average molecular weight is 469 g/mol. The molecule has 1 saturated heterocycles. The topological polar surface area (TPSA) is 75.7 Å². The number of sulfone groups is 1. The summed E-state index contributed by atoms with van der Waals surface area (Å²) in [6.07, 6.45) is 9.42. The van der Waals surface area contributed by atoms with Crippen molar-refractivity contribution < 1.29 is 17.9 Å². The fraction of sp³-hybridized carbons (Fsp3) is 0.423. The first kappa shape index (κ1) is 23.5. The smallest absolute Gasteiger partial charge is 0.257 e. The number of amides is 1. The Morgan fingerprint density at radius 1 is 1.03 bits per heavy atom. The van der Waals surface area contributed by atoms with Crippen molar-refractivity contribution in [2.24, 2.45) is 5.41 Å². The molecule has 2 aromatic carbocycles. The molecule has 0 atom stereocenters. The van der Waals surface area contributed by atoms with Crippen molar-refractivity contribution in [1.29, 1.82) is 0 Å². The van der Waals surface area contributed by atoms with Crippen LogP contribution in [-0.4, -0.2) is 51.7 Å². The number of carbonyl (C=O) groups excluding carboxylic acids is 1. The van der Waals surface area contributed by atoms with Crippen LogP contribution in [0.25, 0.3) is 0 Å². The van der Waals surface area contributed by atoms with Crippen molar-refractivity contribution in [3.05, 3.63) is 71.8 Å². The number of nitrogens with one attached hydrogen (secondary N) is 1. The highest BCUT2D eigenvalue weighted by Crippen LogP contribution is 2.36. The SMILES string of the molecule is CS(=O)(=O)c1ccc(CN2CCC3(C/C=C/Cc4ccccc4OCC(=O)NC3)CC2)cc1. The van der Waals surface area contributed by atoms with Gasteiger partial charge in [0.25, 0.3) is 5.91 Å². The molecule has 0 radical (unpaired) electrons. The lowest BCUT2D eigenvalue weighted by molar-refractivity contribution is -0.123. The Balaban J connectivity index is 1.39. The van der Waals surface area contributed by atoms with Gasteiger partial charge in [0.2, 0.25) is 0 Å². The molecule has 7 heteroatoms. The number of hydrogen-bond donors (Lipinski definition) is 1. The summed E-state index contributed by atoms with van der Waals surface area (Å²) < 4.78 is 29.1. The van der Waals surface area contributed by atoms with Crippen molar-refractivity contribution in [2.75, 3.05) is 32.5 Å². The lowest BCUT2D eigenvalue weighted by Gasteiger charge is -2.41. The summed E-state index contributed by atoms with van der Waals surface area (Å²) >= 11 is 0. The number of nitrogens with zero attached hydrogens (tertiary/aromatic N) is 1. The van der Waals surface area contributed by atoms with E-state index in [1.165, 1.54) is 6.26 Å². The first-order valence-electron chi connectivity index (χ1n) is 11.5. The third kappa shape index (κ3) is 6.24. The number of hydrogen-bond acceptors (Lipinski definition) is 5. The van der Waals surface area contributed by atoms with E-state index >= 15 is 0 Å². The number of ether oxygens (including phenoxy) is 1. The van der Waals surface area contributed by atoms with Gasteiger partial charge in [-0.2, -0.15) is 0 Å². The van der Waals surface area contributed by atoms with E-state index in [0.29, 0.717) is 11.4 Å². The molecule has 1 N–H and O–H groups in total. The minimum atomic E-state index is -3.17. The third-order valence-electron chi connectivity index (χ3n) is 6.72. The van der Waals surface area contributed by atoms with Crippen LogP contribution in [0.4, 0.5) is 0 Å².